The van der Waals surface area contributed by atoms with Crippen molar-refractivity contribution in [2.24, 2.45) is 10.9 Å². The van der Waals surface area contributed by atoms with Crippen molar-refractivity contribution in [3.8, 4) is 22.3 Å². The Labute approximate surface area is 179 Å². The first kappa shape index (κ1) is 20.5. The van der Waals surface area contributed by atoms with Crippen molar-refractivity contribution < 1.29 is 13.2 Å². The normalized spacial score (nSPS) is 15.0. The first-order chi connectivity index (χ1) is 14.5. The Morgan fingerprint density at radius 3 is 2.17 bits per heavy atom. The van der Waals surface area contributed by atoms with Gasteiger partial charge >= 0.3 is 0 Å². The minimum absolute atomic E-state index is 0.105. The summed E-state index contributed by atoms with van der Waals surface area (Å²) in [5, 5.41) is 1.94. The van der Waals surface area contributed by atoms with E-state index in [1.807, 2.05) is 11.2 Å². The third-order valence-electron chi connectivity index (χ3n) is 5.71. The molecule has 4 rings (SSSR count). The summed E-state index contributed by atoms with van der Waals surface area (Å²) in [5.74, 6) is -1.67. The second-order valence-corrected chi connectivity index (χ2v) is 7.92. The lowest BCUT2D eigenvalue weighted by atomic mass is 9.97. The number of benzene rings is 3. The molecule has 3 aromatic carbocycles. The number of hydrogen-bond acceptors (Lipinski definition) is 2. The molecule has 0 saturated carbocycles. The molecule has 0 heterocycles. The molecule has 3 aromatic rings. The molecular weight excluding hydrogens is 403 g/mol. The van der Waals surface area contributed by atoms with E-state index in [1.54, 1.807) is 12.1 Å². The summed E-state index contributed by atoms with van der Waals surface area (Å²) in [4.78, 5) is 3.38. The molecule has 0 fully saturated rings. The summed E-state index contributed by atoms with van der Waals surface area (Å²) in [6.07, 6.45) is 4.57. The van der Waals surface area contributed by atoms with Gasteiger partial charge in [-0.05, 0) is 77.0 Å². The average Bonchev–Trinajstić information content (AvgIpc) is 3.12. The van der Waals surface area contributed by atoms with Crippen LogP contribution in [0.5, 0.6) is 0 Å². The van der Waals surface area contributed by atoms with Crippen LogP contribution in [0.1, 0.15) is 30.9 Å². The maximum absolute atomic E-state index is 14.9. The number of fused-ring (bicyclic) bond motifs is 1. The number of isothiocyanates is 1. The number of rotatable bonds is 5. The van der Waals surface area contributed by atoms with Crippen LogP contribution in [-0.2, 0) is 12.8 Å². The fourth-order valence-electron chi connectivity index (χ4n) is 4.30. The fraction of sp³-hybridized carbons (Fsp3) is 0.240. The van der Waals surface area contributed by atoms with Crippen LogP contribution in [0.25, 0.3) is 22.3 Å². The van der Waals surface area contributed by atoms with Crippen molar-refractivity contribution in [2.75, 3.05) is 0 Å². The van der Waals surface area contributed by atoms with Crippen molar-refractivity contribution in [3.05, 3.63) is 77.1 Å². The number of hydrogen-bond donors (Lipinski definition) is 0. The molecule has 5 heteroatoms. The SMILES string of the molecule is CCCC1Cc2ccc(-c3ccc(-c4cc(F)c(N=C=S)c(F)c4)c(F)c3)cc2C1. The van der Waals surface area contributed by atoms with Gasteiger partial charge in [0.05, 0.1) is 5.16 Å². The van der Waals surface area contributed by atoms with Crippen LogP contribution in [-0.4, -0.2) is 5.16 Å². The van der Waals surface area contributed by atoms with Gasteiger partial charge in [-0.1, -0.05) is 50.1 Å². The zero-order chi connectivity index (χ0) is 21.3. The molecule has 1 unspecified atom stereocenters. The predicted molar refractivity (Wildman–Crippen MR) is 118 cm³/mol. The van der Waals surface area contributed by atoms with Gasteiger partial charge in [0, 0.05) is 5.56 Å². The molecule has 0 radical (unpaired) electrons. The predicted octanol–water partition coefficient (Wildman–Crippen LogP) is 7.69. The van der Waals surface area contributed by atoms with Crippen molar-refractivity contribution >= 4 is 23.1 Å². The maximum atomic E-state index is 14.9. The van der Waals surface area contributed by atoms with Gasteiger partial charge in [0.15, 0.2) is 11.6 Å². The van der Waals surface area contributed by atoms with Gasteiger partial charge in [0.2, 0.25) is 0 Å². The number of nitrogens with zero attached hydrogens (tertiary/aromatic N) is 1. The smallest absolute Gasteiger partial charge is 0.153 e. The molecule has 0 amide bonds. The summed E-state index contributed by atoms with van der Waals surface area (Å²) in [7, 11) is 0. The Bertz CT molecular complexity index is 1140. The third-order valence-corrected chi connectivity index (χ3v) is 5.80. The Morgan fingerprint density at radius 2 is 1.50 bits per heavy atom. The lowest BCUT2D eigenvalue weighted by molar-refractivity contribution is 0.507. The number of aliphatic imine (C=N–C) groups is 1. The Kier molecular flexibility index (Phi) is 5.85. The van der Waals surface area contributed by atoms with Crippen LogP contribution in [0.2, 0.25) is 0 Å². The standard InChI is InChI=1S/C25H20F3NS/c1-2-3-15-8-16-4-5-17(10-19(16)9-15)18-6-7-21(22(26)11-18)20-12-23(27)25(29-14-30)24(28)13-20/h4-7,10-13,15H,2-3,8-9H2,1H3. The Morgan fingerprint density at radius 1 is 0.867 bits per heavy atom. The van der Waals surface area contributed by atoms with E-state index in [9.17, 15) is 13.2 Å². The van der Waals surface area contributed by atoms with Crippen LogP contribution in [0.3, 0.4) is 0 Å². The van der Waals surface area contributed by atoms with E-state index in [1.165, 1.54) is 30.0 Å². The van der Waals surface area contributed by atoms with E-state index in [0.29, 0.717) is 5.92 Å². The van der Waals surface area contributed by atoms with Gasteiger partial charge < -0.3 is 0 Å². The molecule has 0 spiro atoms. The van der Waals surface area contributed by atoms with Gasteiger partial charge in [-0.15, -0.1) is 0 Å². The van der Waals surface area contributed by atoms with Gasteiger partial charge in [-0.2, -0.15) is 4.99 Å². The topological polar surface area (TPSA) is 12.4 Å². The van der Waals surface area contributed by atoms with E-state index in [2.05, 4.69) is 36.3 Å². The first-order valence-corrected chi connectivity index (χ1v) is 10.4. The van der Waals surface area contributed by atoms with Crippen LogP contribution >= 0.6 is 12.2 Å². The van der Waals surface area contributed by atoms with Crippen LogP contribution in [0.4, 0.5) is 18.9 Å². The highest BCUT2D eigenvalue weighted by Crippen LogP contribution is 2.35. The molecule has 0 aromatic heterocycles. The fourth-order valence-corrected chi connectivity index (χ4v) is 4.39. The second kappa shape index (κ2) is 8.55. The van der Waals surface area contributed by atoms with E-state index >= 15 is 0 Å². The highest BCUT2D eigenvalue weighted by Gasteiger charge is 2.21. The average molecular weight is 424 g/mol. The Balaban J connectivity index is 1.65. The minimum atomic E-state index is -0.911. The molecule has 30 heavy (non-hydrogen) atoms. The highest BCUT2D eigenvalue weighted by molar-refractivity contribution is 7.78. The summed E-state index contributed by atoms with van der Waals surface area (Å²) in [6.45, 7) is 2.20. The number of thiocarbonyl (C=S) groups is 1. The van der Waals surface area contributed by atoms with E-state index < -0.39 is 23.1 Å². The second-order valence-electron chi connectivity index (χ2n) is 7.73. The van der Waals surface area contributed by atoms with Crippen molar-refractivity contribution in [1.29, 1.82) is 0 Å². The molecule has 1 aliphatic carbocycles. The van der Waals surface area contributed by atoms with Gasteiger partial charge in [0.1, 0.15) is 11.5 Å². The van der Waals surface area contributed by atoms with Crippen molar-refractivity contribution in [3.63, 3.8) is 0 Å². The largest absolute Gasteiger partial charge is 0.206 e. The van der Waals surface area contributed by atoms with Crippen molar-refractivity contribution in [2.45, 2.75) is 32.6 Å². The Hall–Kier alpha value is -2.75. The van der Waals surface area contributed by atoms with Crippen LogP contribution < -0.4 is 0 Å². The zero-order valence-electron chi connectivity index (χ0n) is 16.5. The quantitative estimate of drug-likeness (QED) is 0.303. The molecule has 0 N–H and O–H groups in total. The summed E-state index contributed by atoms with van der Waals surface area (Å²) in [6, 6.07) is 13.1. The van der Waals surface area contributed by atoms with Crippen molar-refractivity contribution in [1.82, 2.24) is 0 Å². The summed E-state index contributed by atoms with van der Waals surface area (Å²) < 4.78 is 43.1. The maximum Gasteiger partial charge on any atom is 0.153 e. The molecule has 0 aliphatic heterocycles. The van der Waals surface area contributed by atoms with E-state index in [4.69, 9.17) is 0 Å². The molecule has 1 atom stereocenters. The third kappa shape index (κ3) is 3.96. The molecule has 0 saturated heterocycles. The number of halogens is 3. The van der Waals surface area contributed by atoms with Gasteiger partial charge in [-0.3, -0.25) is 0 Å². The zero-order valence-corrected chi connectivity index (χ0v) is 17.3. The molecule has 152 valence electrons. The van der Waals surface area contributed by atoms with Crippen LogP contribution in [0, 0.1) is 23.4 Å². The van der Waals surface area contributed by atoms with Crippen LogP contribution in [0.15, 0.2) is 53.5 Å². The summed E-state index contributed by atoms with van der Waals surface area (Å²) >= 11 is 4.40. The van der Waals surface area contributed by atoms with E-state index in [-0.39, 0.29) is 11.1 Å². The first-order valence-electron chi connectivity index (χ1n) is 9.99. The lowest BCUT2D eigenvalue weighted by Crippen LogP contribution is -1.97. The lowest BCUT2D eigenvalue weighted by Gasteiger charge is -2.10. The highest BCUT2D eigenvalue weighted by atomic mass is 32.1. The molecular formula is C25H20F3NS. The minimum Gasteiger partial charge on any atom is -0.206 e. The van der Waals surface area contributed by atoms with E-state index in [0.717, 1.165) is 36.1 Å². The van der Waals surface area contributed by atoms with Gasteiger partial charge in [-0.25, -0.2) is 13.2 Å². The summed E-state index contributed by atoms with van der Waals surface area (Å²) in [5.41, 5.74) is 4.09. The molecule has 1 aliphatic rings. The molecule has 0 bridgehead atoms. The molecule has 1 nitrogen and oxygen atoms in total. The monoisotopic (exact) mass is 423 g/mol. The van der Waals surface area contributed by atoms with Gasteiger partial charge in [0.25, 0.3) is 0 Å².